The molecule has 2 N–H and O–H groups in total. The second-order valence-corrected chi connectivity index (χ2v) is 6.10. The van der Waals surface area contributed by atoms with Crippen LogP contribution in [0.3, 0.4) is 0 Å². The van der Waals surface area contributed by atoms with Crippen molar-refractivity contribution in [1.82, 2.24) is 0 Å². The molecule has 0 bridgehead atoms. The minimum absolute atomic E-state index is 0. The molecule has 0 aliphatic rings. The fraction of sp³-hybridized carbons (Fsp3) is 0.231. The number of benzene rings is 3. The lowest BCUT2D eigenvalue weighted by molar-refractivity contribution is 0.317. The fourth-order valence-electron chi connectivity index (χ4n) is 2.97. The summed E-state index contributed by atoms with van der Waals surface area (Å²) in [5.74, 6) is 0.926. The third kappa shape index (κ3) is 6.11. The van der Waals surface area contributed by atoms with E-state index in [2.05, 4.69) is 105 Å². The van der Waals surface area contributed by atoms with Gasteiger partial charge in [-0.1, -0.05) is 87.1 Å². The Morgan fingerprint density at radius 1 is 0.714 bits per heavy atom. The van der Waals surface area contributed by atoms with E-state index in [0.717, 1.165) is 18.8 Å². The van der Waals surface area contributed by atoms with E-state index < -0.39 is 0 Å². The monoisotopic (exact) mass is 375 g/mol. The Hall–Kier alpha value is -2.84. The lowest BCUT2D eigenvalue weighted by Crippen LogP contribution is -1.96. The average molecular weight is 376 g/mol. The second-order valence-electron chi connectivity index (χ2n) is 6.10. The molecule has 3 aromatic carbocycles. The maximum absolute atomic E-state index is 5.72. The zero-order valence-electron chi connectivity index (χ0n) is 16.5. The molecule has 3 rings (SSSR count). The highest BCUT2D eigenvalue weighted by atomic mass is 16.5. The van der Waals surface area contributed by atoms with E-state index in [-0.39, 0.29) is 7.43 Å². The van der Waals surface area contributed by atoms with Gasteiger partial charge in [-0.25, -0.2) is 0 Å². The molecular weight excluding hydrogens is 342 g/mol. The van der Waals surface area contributed by atoms with Gasteiger partial charge in [0.1, 0.15) is 5.75 Å². The molecule has 148 valence electrons. The van der Waals surface area contributed by atoms with E-state index in [1.807, 2.05) is 0 Å². The van der Waals surface area contributed by atoms with E-state index in [4.69, 9.17) is 4.74 Å². The molecule has 0 aromatic heterocycles. The van der Waals surface area contributed by atoms with Crippen molar-refractivity contribution >= 4 is 11.1 Å². The first-order chi connectivity index (χ1) is 13.3. The molecule has 0 heterocycles. The minimum Gasteiger partial charge on any atom is -0.494 e. The van der Waals surface area contributed by atoms with Crippen molar-refractivity contribution in [2.75, 3.05) is 13.7 Å². The maximum atomic E-state index is 5.72. The molecule has 2 heteroatoms. The molecule has 3 aromatic rings. The van der Waals surface area contributed by atoms with Crippen LogP contribution in [0.25, 0.3) is 11.1 Å². The van der Waals surface area contributed by atoms with Crippen molar-refractivity contribution in [3.63, 3.8) is 0 Å². The topological polar surface area (TPSA) is 35.2 Å². The van der Waals surface area contributed by atoms with Gasteiger partial charge in [-0.05, 0) is 60.4 Å². The van der Waals surface area contributed by atoms with Crippen LogP contribution < -0.4 is 10.5 Å². The van der Waals surface area contributed by atoms with Gasteiger partial charge in [-0.2, -0.15) is 0 Å². The first-order valence-corrected chi connectivity index (χ1v) is 9.42. The summed E-state index contributed by atoms with van der Waals surface area (Å²) in [7, 11) is 1.50. The molecular formula is C26H33NO. The molecule has 0 atom stereocenters. The number of nitrogens with two attached hydrogens (primary N) is 1. The zero-order chi connectivity index (χ0) is 19.5. The van der Waals surface area contributed by atoms with Crippen LogP contribution in [0.4, 0.5) is 0 Å². The summed E-state index contributed by atoms with van der Waals surface area (Å²) in [6.45, 7) is 5.07. The average Bonchev–Trinajstić information content (AvgIpc) is 2.76. The first kappa shape index (κ1) is 23.2. The highest BCUT2D eigenvalue weighted by Crippen LogP contribution is 2.32. The van der Waals surface area contributed by atoms with Gasteiger partial charge in [0.25, 0.3) is 0 Å². The highest BCUT2D eigenvalue weighted by molar-refractivity contribution is 5.97. The van der Waals surface area contributed by atoms with E-state index in [1.54, 1.807) is 0 Å². The first-order valence-electron chi connectivity index (χ1n) is 9.42. The van der Waals surface area contributed by atoms with E-state index >= 15 is 0 Å². The zero-order valence-corrected chi connectivity index (χ0v) is 16.5. The van der Waals surface area contributed by atoms with Gasteiger partial charge in [0.2, 0.25) is 0 Å². The van der Waals surface area contributed by atoms with Crippen LogP contribution in [0.5, 0.6) is 5.75 Å². The van der Waals surface area contributed by atoms with Crippen LogP contribution in [0.15, 0.2) is 84.9 Å². The van der Waals surface area contributed by atoms with Gasteiger partial charge in [0.15, 0.2) is 0 Å². The summed E-state index contributed by atoms with van der Waals surface area (Å²) >= 11 is 0. The summed E-state index contributed by atoms with van der Waals surface area (Å²) < 4.78 is 5.72. The molecule has 0 spiro atoms. The normalized spacial score (nSPS) is 10.7. The second kappa shape index (κ2) is 12.5. The standard InChI is InChI=1S/C24H24O.CH5N.CH4/c1-3-18-25-23-16-14-22(15-17-23)24(21-12-8-5-9-13-21)19(2)20-10-6-4-7-11-20;1-2;/h4-17H,3,18H2,1-2H3;2H2,1H3;1H4/b24-19-;;. The maximum Gasteiger partial charge on any atom is 0.119 e. The van der Waals surface area contributed by atoms with Crippen LogP contribution in [0, 0.1) is 0 Å². The molecule has 0 aliphatic carbocycles. The number of rotatable bonds is 6. The van der Waals surface area contributed by atoms with Crippen molar-refractivity contribution < 1.29 is 4.74 Å². The smallest absolute Gasteiger partial charge is 0.119 e. The summed E-state index contributed by atoms with van der Waals surface area (Å²) in [5.41, 5.74) is 10.7. The van der Waals surface area contributed by atoms with Crippen LogP contribution in [-0.2, 0) is 0 Å². The van der Waals surface area contributed by atoms with Gasteiger partial charge >= 0.3 is 0 Å². The van der Waals surface area contributed by atoms with Crippen LogP contribution in [0.1, 0.15) is 44.4 Å². The molecule has 0 amide bonds. The highest BCUT2D eigenvalue weighted by Gasteiger charge is 2.10. The molecule has 0 fully saturated rings. The van der Waals surface area contributed by atoms with Crippen LogP contribution in [0.2, 0.25) is 0 Å². The summed E-state index contributed by atoms with van der Waals surface area (Å²) in [4.78, 5) is 0. The van der Waals surface area contributed by atoms with Crippen molar-refractivity contribution in [1.29, 1.82) is 0 Å². The van der Waals surface area contributed by atoms with Crippen LogP contribution in [-0.4, -0.2) is 13.7 Å². The van der Waals surface area contributed by atoms with Gasteiger partial charge in [0, 0.05) is 0 Å². The van der Waals surface area contributed by atoms with Crippen LogP contribution >= 0.6 is 0 Å². The Morgan fingerprint density at radius 2 is 1.18 bits per heavy atom. The van der Waals surface area contributed by atoms with Crippen molar-refractivity contribution in [3.8, 4) is 5.75 Å². The Bertz CT molecular complexity index is 821. The Morgan fingerprint density at radius 3 is 1.68 bits per heavy atom. The van der Waals surface area contributed by atoms with E-state index in [0.29, 0.717) is 0 Å². The third-order valence-corrected chi connectivity index (χ3v) is 4.26. The van der Waals surface area contributed by atoms with Crippen molar-refractivity contribution in [3.05, 3.63) is 102 Å². The molecule has 28 heavy (non-hydrogen) atoms. The number of hydrogen-bond donors (Lipinski definition) is 1. The third-order valence-electron chi connectivity index (χ3n) is 4.26. The van der Waals surface area contributed by atoms with Crippen molar-refractivity contribution in [2.45, 2.75) is 27.7 Å². The van der Waals surface area contributed by atoms with Gasteiger partial charge in [0.05, 0.1) is 6.61 Å². The molecule has 2 nitrogen and oxygen atoms in total. The molecule has 0 saturated heterocycles. The lowest BCUT2D eigenvalue weighted by atomic mass is 9.90. The predicted molar refractivity (Wildman–Crippen MR) is 124 cm³/mol. The SMILES string of the molecule is C.CCCOc1ccc(/C(=C(/C)c2ccccc2)c2ccccc2)cc1.CN. The Kier molecular flexibility index (Phi) is 10.4. The molecule has 0 saturated carbocycles. The van der Waals surface area contributed by atoms with Crippen molar-refractivity contribution in [2.24, 2.45) is 5.73 Å². The lowest BCUT2D eigenvalue weighted by Gasteiger charge is -2.15. The summed E-state index contributed by atoms with van der Waals surface area (Å²) in [6.07, 6.45) is 1.02. The molecule has 0 unspecified atom stereocenters. The largest absolute Gasteiger partial charge is 0.494 e. The van der Waals surface area contributed by atoms with Gasteiger partial charge in [-0.3, -0.25) is 0 Å². The fourth-order valence-corrected chi connectivity index (χ4v) is 2.97. The van der Waals surface area contributed by atoms with Gasteiger partial charge in [-0.15, -0.1) is 0 Å². The Balaban J connectivity index is 0.00000127. The number of allylic oxidation sites excluding steroid dienone is 1. The summed E-state index contributed by atoms with van der Waals surface area (Å²) in [5, 5.41) is 0. The molecule has 0 radical (unpaired) electrons. The Labute approximate surface area is 170 Å². The predicted octanol–water partition coefficient (Wildman–Crippen LogP) is 6.67. The van der Waals surface area contributed by atoms with E-state index in [1.165, 1.54) is 34.9 Å². The van der Waals surface area contributed by atoms with Gasteiger partial charge < -0.3 is 10.5 Å². The quantitative estimate of drug-likeness (QED) is 0.489. The number of hydrogen-bond acceptors (Lipinski definition) is 2. The summed E-state index contributed by atoms with van der Waals surface area (Å²) in [6, 6.07) is 29.6. The number of ether oxygens (including phenoxy) is 1. The molecule has 0 aliphatic heterocycles. The van der Waals surface area contributed by atoms with E-state index in [9.17, 15) is 0 Å². The minimum atomic E-state index is 0.